The van der Waals surface area contributed by atoms with Crippen LogP contribution in [0.25, 0.3) is 0 Å². The summed E-state index contributed by atoms with van der Waals surface area (Å²) >= 11 is 3.70. The zero-order valence-electron chi connectivity index (χ0n) is 11.6. The maximum Gasteiger partial charge on any atom is 0.160 e. The lowest BCUT2D eigenvalue weighted by atomic mass is 9.88. The lowest BCUT2D eigenvalue weighted by molar-refractivity contribution is -0.228. The van der Waals surface area contributed by atoms with Gasteiger partial charge in [-0.05, 0) is 32.1 Å². The lowest BCUT2D eigenvalue weighted by Crippen LogP contribution is -2.38. The smallest absolute Gasteiger partial charge is 0.160 e. The molecule has 0 atom stereocenters. The quantitative estimate of drug-likeness (QED) is 0.548. The summed E-state index contributed by atoms with van der Waals surface area (Å²) in [5.74, 6) is 1.27. The zero-order valence-corrected chi connectivity index (χ0v) is 13.2. The van der Waals surface area contributed by atoms with Gasteiger partial charge < -0.3 is 9.47 Å². The van der Waals surface area contributed by atoms with E-state index in [2.05, 4.69) is 22.9 Å². The van der Waals surface area contributed by atoms with Crippen LogP contribution in [0.15, 0.2) is 0 Å². The first-order valence-corrected chi connectivity index (χ1v) is 8.58. The first-order chi connectivity index (χ1) is 8.79. The van der Waals surface area contributed by atoms with Gasteiger partial charge in [-0.1, -0.05) is 42.1 Å². The van der Waals surface area contributed by atoms with Crippen LogP contribution in [0.3, 0.4) is 0 Å². The maximum absolute atomic E-state index is 5.96. The van der Waals surface area contributed by atoms with Gasteiger partial charge in [-0.3, -0.25) is 0 Å². The average molecular weight is 319 g/mol. The highest BCUT2D eigenvalue weighted by Gasteiger charge is 2.31. The minimum absolute atomic E-state index is 0.0902. The van der Waals surface area contributed by atoms with Crippen LogP contribution in [0.4, 0.5) is 0 Å². The molecule has 18 heavy (non-hydrogen) atoms. The van der Waals surface area contributed by atoms with E-state index in [1.54, 1.807) is 0 Å². The second kappa shape index (κ2) is 7.86. The fourth-order valence-electron chi connectivity index (χ4n) is 3.03. The molecule has 0 aromatic rings. The van der Waals surface area contributed by atoms with Gasteiger partial charge in [0.2, 0.25) is 0 Å². The minimum atomic E-state index is 0.0902. The van der Waals surface area contributed by atoms with Crippen LogP contribution in [-0.2, 0) is 9.47 Å². The Kier molecular flexibility index (Phi) is 6.46. The molecule has 3 heteroatoms. The molecule has 1 aliphatic heterocycles. The zero-order chi connectivity index (χ0) is 12.8. The number of ether oxygens (including phenoxy) is 2. The van der Waals surface area contributed by atoms with Crippen molar-refractivity contribution < 1.29 is 9.47 Å². The summed E-state index contributed by atoms with van der Waals surface area (Å²) in [5.41, 5.74) is 0. The molecule has 0 bridgehead atoms. The average Bonchev–Trinajstić information content (AvgIpc) is 2.41. The Balaban J connectivity index is 1.63. The second-order valence-corrected chi connectivity index (χ2v) is 7.20. The Bertz CT molecular complexity index is 219. The van der Waals surface area contributed by atoms with Crippen molar-refractivity contribution >= 4 is 15.9 Å². The van der Waals surface area contributed by atoms with Crippen LogP contribution in [0, 0.1) is 11.8 Å². The Labute approximate surface area is 120 Å². The van der Waals surface area contributed by atoms with Crippen molar-refractivity contribution in [2.45, 2.75) is 69.4 Å². The van der Waals surface area contributed by atoms with E-state index in [1.807, 2.05) is 0 Å². The number of rotatable bonds is 5. The highest BCUT2D eigenvalue weighted by Crippen LogP contribution is 2.34. The molecule has 1 heterocycles. The molecule has 0 aromatic carbocycles. The molecule has 0 amide bonds. The van der Waals surface area contributed by atoms with Gasteiger partial charge in [0.05, 0.1) is 13.2 Å². The fourth-order valence-corrected chi connectivity index (χ4v) is 3.56. The standard InChI is InChI=1S/C15H27BrO2/c1-2-3-4-5-12-10-17-15(18-11-12)13-6-8-14(16)9-7-13/h12-15H,2-11H2,1H3/t12-,13?,14?,15-. The number of halogens is 1. The number of alkyl halides is 1. The molecule has 2 aliphatic rings. The fraction of sp³-hybridized carbons (Fsp3) is 1.00. The van der Waals surface area contributed by atoms with Crippen LogP contribution >= 0.6 is 15.9 Å². The van der Waals surface area contributed by atoms with Crippen molar-refractivity contribution in [2.75, 3.05) is 13.2 Å². The summed E-state index contributed by atoms with van der Waals surface area (Å²) in [6.45, 7) is 4.09. The summed E-state index contributed by atoms with van der Waals surface area (Å²) in [6, 6.07) is 0. The molecule has 1 aliphatic carbocycles. The van der Waals surface area contributed by atoms with Crippen molar-refractivity contribution in [3.05, 3.63) is 0 Å². The van der Waals surface area contributed by atoms with Gasteiger partial charge in [-0.25, -0.2) is 0 Å². The lowest BCUT2D eigenvalue weighted by Gasteiger charge is -2.36. The van der Waals surface area contributed by atoms with Crippen molar-refractivity contribution in [3.63, 3.8) is 0 Å². The highest BCUT2D eigenvalue weighted by atomic mass is 79.9. The topological polar surface area (TPSA) is 18.5 Å². The van der Waals surface area contributed by atoms with E-state index in [0.717, 1.165) is 18.0 Å². The normalized spacial score (nSPS) is 37.7. The van der Waals surface area contributed by atoms with Gasteiger partial charge >= 0.3 is 0 Å². The monoisotopic (exact) mass is 318 g/mol. The molecule has 0 spiro atoms. The summed E-state index contributed by atoms with van der Waals surface area (Å²) in [4.78, 5) is 0.721. The summed E-state index contributed by atoms with van der Waals surface area (Å²) in [6.07, 6.45) is 10.4. The summed E-state index contributed by atoms with van der Waals surface area (Å²) in [7, 11) is 0. The van der Waals surface area contributed by atoms with Crippen LogP contribution in [0.5, 0.6) is 0 Å². The first kappa shape index (κ1) is 14.8. The van der Waals surface area contributed by atoms with E-state index >= 15 is 0 Å². The molecule has 1 saturated carbocycles. The molecule has 0 N–H and O–H groups in total. The largest absolute Gasteiger partial charge is 0.352 e. The molecule has 2 rings (SSSR count). The van der Waals surface area contributed by atoms with Crippen molar-refractivity contribution in [3.8, 4) is 0 Å². The van der Waals surface area contributed by atoms with Crippen LogP contribution in [0.1, 0.15) is 58.3 Å². The van der Waals surface area contributed by atoms with Gasteiger partial charge in [0.15, 0.2) is 6.29 Å². The van der Waals surface area contributed by atoms with E-state index in [4.69, 9.17) is 9.47 Å². The molecule has 2 fully saturated rings. The molecule has 0 radical (unpaired) electrons. The highest BCUT2D eigenvalue weighted by molar-refractivity contribution is 9.09. The molecule has 2 nitrogen and oxygen atoms in total. The second-order valence-electron chi connectivity index (χ2n) is 5.91. The van der Waals surface area contributed by atoms with E-state index in [-0.39, 0.29) is 6.29 Å². The first-order valence-electron chi connectivity index (χ1n) is 7.67. The predicted molar refractivity (Wildman–Crippen MR) is 78.0 cm³/mol. The number of hydrogen-bond donors (Lipinski definition) is 0. The third-order valence-corrected chi connectivity index (χ3v) is 5.21. The maximum atomic E-state index is 5.96. The van der Waals surface area contributed by atoms with Crippen LogP contribution in [0.2, 0.25) is 0 Å². The van der Waals surface area contributed by atoms with Gasteiger partial charge in [0, 0.05) is 16.7 Å². The Hall–Kier alpha value is 0.400. The van der Waals surface area contributed by atoms with Crippen molar-refractivity contribution in [2.24, 2.45) is 11.8 Å². The third kappa shape index (κ3) is 4.50. The summed E-state index contributed by atoms with van der Waals surface area (Å²) < 4.78 is 11.9. The van der Waals surface area contributed by atoms with Gasteiger partial charge in [0.25, 0.3) is 0 Å². The van der Waals surface area contributed by atoms with E-state index in [0.29, 0.717) is 11.8 Å². The van der Waals surface area contributed by atoms with Gasteiger partial charge in [-0.2, -0.15) is 0 Å². The summed E-state index contributed by atoms with van der Waals surface area (Å²) in [5, 5.41) is 0. The van der Waals surface area contributed by atoms with Crippen LogP contribution in [-0.4, -0.2) is 24.3 Å². The van der Waals surface area contributed by atoms with E-state index < -0.39 is 0 Å². The SMILES string of the molecule is CCCCC[C@H]1CO[C@H](C2CCC(Br)CC2)OC1. The third-order valence-electron chi connectivity index (χ3n) is 4.29. The molecule has 0 unspecified atom stereocenters. The predicted octanol–water partition coefficient (Wildman–Crippen LogP) is 4.51. The molecular formula is C15H27BrO2. The van der Waals surface area contributed by atoms with E-state index in [9.17, 15) is 0 Å². The number of unbranched alkanes of at least 4 members (excludes halogenated alkanes) is 2. The minimum Gasteiger partial charge on any atom is -0.352 e. The van der Waals surface area contributed by atoms with Crippen molar-refractivity contribution in [1.82, 2.24) is 0 Å². The molecule has 0 aromatic heterocycles. The van der Waals surface area contributed by atoms with E-state index in [1.165, 1.54) is 51.4 Å². The Morgan fingerprint density at radius 2 is 1.67 bits per heavy atom. The van der Waals surface area contributed by atoms with Crippen molar-refractivity contribution in [1.29, 1.82) is 0 Å². The molecule has 106 valence electrons. The molecular weight excluding hydrogens is 292 g/mol. The van der Waals surface area contributed by atoms with Gasteiger partial charge in [-0.15, -0.1) is 0 Å². The number of hydrogen-bond acceptors (Lipinski definition) is 2. The Morgan fingerprint density at radius 1 is 1.00 bits per heavy atom. The van der Waals surface area contributed by atoms with Crippen LogP contribution < -0.4 is 0 Å². The van der Waals surface area contributed by atoms with Gasteiger partial charge in [0.1, 0.15) is 0 Å². The Morgan fingerprint density at radius 3 is 2.28 bits per heavy atom. The molecule has 1 saturated heterocycles.